The Morgan fingerprint density at radius 2 is 2.50 bits per heavy atom. The SMILES string of the molecule is CNc1ncncc1C=O. The van der Waals surface area contributed by atoms with E-state index in [9.17, 15) is 4.79 Å². The van der Waals surface area contributed by atoms with E-state index < -0.39 is 0 Å². The summed E-state index contributed by atoms with van der Waals surface area (Å²) in [6, 6.07) is 0. The monoisotopic (exact) mass is 137 g/mol. The highest BCUT2D eigenvalue weighted by Crippen LogP contribution is 2.03. The number of aromatic nitrogens is 2. The van der Waals surface area contributed by atoms with Gasteiger partial charge in [-0.3, -0.25) is 4.79 Å². The first-order valence-electron chi connectivity index (χ1n) is 2.81. The largest absolute Gasteiger partial charge is 0.372 e. The van der Waals surface area contributed by atoms with Crippen LogP contribution in [0.2, 0.25) is 0 Å². The molecule has 0 amide bonds. The first kappa shape index (κ1) is 6.67. The van der Waals surface area contributed by atoms with Crippen molar-refractivity contribution in [2.24, 2.45) is 0 Å². The summed E-state index contributed by atoms with van der Waals surface area (Å²) >= 11 is 0. The summed E-state index contributed by atoms with van der Waals surface area (Å²) in [7, 11) is 1.70. The van der Waals surface area contributed by atoms with Gasteiger partial charge in [-0.2, -0.15) is 0 Å². The standard InChI is InChI=1S/C6H7N3O/c1-7-6-5(3-10)2-8-4-9-6/h2-4H,1H3,(H,7,8,9). The molecular formula is C6H7N3O. The number of anilines is 1. The fourth-order valence-corrected chi connectivity index (χ4v) is 0.636. The molecule has 1 aromatic heterocycles. The minimum absolute atomic E-state index is 0.477. The second-order valence-corrected chi connectivity index (χ2v) is 1.69. The van der Waals surface area contributed by atoms with Crippen molar-refractivity contribution in [3.8, 4) is 0 Å². The predicted octanol–water partition coefficient (Wildman–Crippen LogP) is 0.331. The average Bonchev–Trinajstić information content (AvgIpc) is 2.04. The highest BCUT2D eigenvalue weighted by Gasteiger charge is 1.97. The molecule has 4 heteroatoms. The van der Waals surface area contributed by atoms with Gasteiger partial charge in [-0.15, -0.1) is 0 Å². The number of carbonyl (C=O) groups is 1. The van der Waals surface area contributed by atoms with Crippen LogP contribution in [-0.2, 0) is 0 Å². The fourth-order valence-electron chi connectivity index (χ4n) is 0.636. The zero-order valence-electron chi connectivity index (χ0n) is 5.53. The Labute approximate surface area is 58.3 Å². The molecule has 0 bridgehead atoms. The molecule has 0 aromatic carbocycles. The van der Waals surface area contributed by atoms with Crippen molar-refractivity contribution in [1.82, 2.24) is 9.97 Å². The van der Waals surface area contributed by atoms with Crippen molar-refractivity contribution in [2.75, 3.05) is 12.4 Å². The van der Waals surface area contributed by atoms with Crippen molar-refractivity contribution < 1.29 is 4.79 Å². The van der Waals surface area contributed by atoms with Crippen LogP contribution in [0.3, 0.4) is 0 Å². The van der Waals surface area contributed by atoms with E-state index in [4.69, 9.17) is 0 Å². The maximum atomic E-state index is 10.3. The minimum Gasteiger partial charge on any atom is -0.372 e. The van der Waals surface area contributed by atoms with Gasteiger partial charge in [0.1, 0.15) is 12.1 Å². The molecule has 0 spiro atoms. The molecule has 1 N–H and O–H groups in total. The van der Waals surface area contributed by atoms with E-state index in [1.165, 1.54) is 12.5 Å². The molecule has 0 fully saturated rings. The molecule has 1 aromatic rings. The minimum atomic E-state index is 0.477. The maximum Gasteiger partial charge on any atom is 0.155 e. The van der Waals surface area contributed by atoms with Crippen molar-refractivity contribution in [3.05, 3.63) is 18.1 Å². The molecule has 52 valence electrons. The molecule has 0 atom stereocenters. The van der Waals surface area contributed by atoms with Crippen LogP contribution in [0.1, 0.15) is 10.4 Å². The highest BCUT2D eigenvalue weighted by atomic mass is 16.1. The zero-order chi connectivity index (χ0) is 7.40. The Morgan fingerprint density at radius 1 is 1.70 bits per heavy atom. The third-order valence-electron chi connectivity index (χ3n) is 1.10. The van der Waals surface area contributed by atoms with Gasteiger partial charge in [-0.1, -0.05) is 0 Å². The van der Waals surface area contributed by atoms with Crippen LogP contribution in [0.15, 0.2) is 12.5 Å². The summed E-state index contributed by atoms with van der Waals surface area (Å²) in [4.78, 5) is 17.8. The van der Waals surface area contributed by atoms with Crippen LogP contribution < -0.4 is 5.32 Å². The number of aldehydes is 1. The molecule has 10 heavy (non-hydrogen) atoms. The van der Waals surface area contributed by atoms with Gasteiger partial charge >= 0.3 is 0 Å². The average molecular weight is 137 g/mol. The lowest BCUT2D eigenvalue weighted by atomic mass is 10.3. The number of rotatable bonds is 2. The fraction of sp³-hybridized carbons (Fsp3) is 0.167. The predicted molar refractivity (Wildman–Crippen MR) is 37.0 cm³/mol. The second kappa shape index (κ2) is 2.91. The van der Waals surface area contributed by atoms with Gasteiger partial charge in [-0.05, 0) is 0 Å². The van der Waals surface area contributed by atoms with Crippen LogP contribution in [0.5, 0.6) is 0 Å². The first-order valence-corrected chi connectivity index (χ1v) is 2.81. The normalized spacial score (nSPS) is 8.90. The van der Waals surface area contributed by atoms with Crippen LogP contribution in [0, 0.1) is 0 Å². The van der Waals surface area contributed by atoms with Gasteiger partial charge in [0.2, 0.25) is 0 Å². The lowest BCUT2D eigenvalue weighted by Crippen LogP contribution is -1.97. The Hall–Kier alpha value is -1.45. The van der Waals surface area contributed by atoms with E-state index in [0.29, 0.717) is 17.7 Å². The van der Waals surface area contributed by atoms with Gasteiger partial charge in [0, 0.05) is 13.2 Å². The summed E-state index contributed by atoms with van der Waals surface area (Å²) in [5.41, 5.74) is 0.477. The Kier molecular flexibility index (Phi) is 1.94. The molecule has 0 aliphatic rings. The van der Waals surface area contributed by atoms with Crippen molar-refractivity contribution >= 4 is 12.1 Å². The van der Waals surface area contributed by atoms with Gasteiger partial charge in [0.25, 0.3) is 0 Å². The van der Waals surface area contributed by atoms with Gasteiger partial charge in [-0.25, -0.2) is 9.97 Å². The maximum absolute atomic E-state index is 10.3. The number of nitrogens with one attached hydrogen (secondary N) is 1. The van der Waals surface area contributed by atoms with E-state index in [1.807, 2.05) is 0 Å². The van der Waals surface area contributed by atoms with Gasteiger partial charge in [0.05, 0.1) is 5.56 Å². The third kappa shape index (κ3) is 1.10. The van der Waals surface area contributed by atoms with Crippen LogP contribution >= 0.6 is 0 Å². The van der Waals surface area contributed by atoms with Gasteiger partial charge < -0.3 is 5.32 Å². The Balaban J connectivity index is 3.08. The number of carbonyl (C=O) groups excluding carboxylic acids is 1. The number of nitrogens with zero attached hydrogens (tertiary/aromatic N) is 2. The molecule has 0 aliphatic carbocycles. The lowest BCUT2D eigenvalue weighted by molar-refractivity contribution is 0.112. The van der Waals surface area contributed by atoms with E-state index in [-0.39, 0.29) is 0 Å². The Bertz CT molecular complexity index is 236. The lowest BCUT2D eigenvalue weighted by Gasteiger charge is -1.98. The van der Waals surface area contributed by atoms with E-state index in [2.05, 4.69) is 15.3 Å². The summed E-state index contributed by atoms with van der Waals surface area (Å²) in [6.07, 6.45) is 3.57. The topological polar surface area (TPSA) is 54.9 Å². The Morgan fingerprint density at radius 3 is 3.00 bits per heavy atom. The third-order valence-corrected chi connectivity index (χ3v) is 1.10. The summed E-state index contributed by atoms with van der Waals surface area (Å²) < 4.78 is 0. The molecule has 0 aliphatic heterocycles. The number of hydrogen-bond donors (Lipinski definition) is 1. The van der Waals surface area contributed by atoms with Crippen LogP contribution in [-0.4, -0.2) is 23.3 Å². The van der Waals surface area contributed by atoms with Crippen molar-refractivity contribution in [3.63, 3.8) is 0 Å². The summed E-state index contributed by atoms with van der Waals surface area (Å²) in [5.74, 6) is 0.560. The first-order chi connectivity index (χ1) is 4.88. The molecule has 0 unspecified atom stereocenters. The van der Waals surface area contributed by atoms with E-state index in [0.717, 1.165) is 0 Å². The molecule has 1 heterocycles. The van der Waals surface area contributed by atoms with Crippen LogP contribution in [0.4, 0.5) is 5.82 Å². The van der Waals surface area contributed by atoms with Crippen LogP contribution in [0.25, 0.3) is 0 Å². The van der Waals surface area contributed by atoms with Crippen molar-refractivity contribution in [2.45, 2.75) is 0 Å². The summed E-state index contributed by atoms with van der Waals surface area (Å²) in [5, 5.41) is 2.76. The molecular weight excluding hydrogens is 130 g/mol. The number of hydrogen-bond acceptors (Lipinski definition) is 4. The second-order valence-electron chi connectivity index (χ2n) is 1.69. The zero-order valence-corrected chi connectivity index (χ0v) is 5.53. The molecule has 1 rings (SSSR count). The molecule has 0 saturated heterocycles. The summed E-state index contributed by atoms with van der Waals surface area (Å²) in [6.45, 7) is 0. The molecule has 0 radical (unpaired) electrons. The molecule has 4 nitrogen and oxygen atoms in total. The van der Waals surface area contributed by atoms with Crippen molar-refractivity contribution in [1.29, 1.82) is 0 Å². The smallest absolute Gasteiger partial charge is 0.155 e. The molecule has 0 saturated carbocycles. The highest BCUT2D eigenvalue weighted by molar-refractivity contribution is 5.81. The van der Waals surface area contributed by atoms with Gasteiger partial charge in [0.15, 0.2) is 6.29 Å². The van der Waals surface area contributed by atoms with E-state index in [1.54, 1.807) is 7.05 Å². The van der Waals surface area contributed by atoms with E-state index >= 15 is 0 Å². The quantitative estimate of drug-likeness (QED) is 0.597.